The molecule has 1 aliphatic rings. The Hall–Kier alpha value is -2.28. The van der Waals surface area contributed by atoms with Gasteiger partial charge >= 0.3 is 0 Å². The number of aryl methyl sites for hydroxylation is 2. The standard InChI is InChI=1S/C17H20N4O2S/c22-15(11-20-17(23)13-6-3-4-9-18-13)19-10-8-16-21-12-5-1-2-7-14(12)24-16/h3-4,6,9H,1-2,5,7-8,10-11H2,(H,19,22)(H,20,23). The van der Waals surface area contributed by atoms with Crippen LogP contribution in [0, 0.1) is 0 Å². The monoisotopic (exact) mass is 344 g/mol. The number of amides is 2. The largest absolute Gasteiger partial charge is 0.354 e. The van der Waals surface area contributed by atoms with Gasteiger partial charge in [-0.15, -0.1) is 11.3 Å². The fourth-order valence-corrected chi connectivity index (χ4v) is 3.79. The molecule has 0 spiro atoms. The molecule has 0 aromatic carbocycles. The number of fused-ring (bicyclic) bond motifs is 1. The first-order valence-corrected chi connectivity index (χ1v) is 8.97. The van der Waals surface area contributed by atoms with Gasteiger partial charge in [0.15, 0.2) is 0 Å². The van der Waals surface area contributed by atoms with Crippen molar-refractivity contribution in [3.05, 3.63) is 45.7 Å². The van der Waals surface area contributed by atoms with E-state index < -0.39 is 0 Å². The lowest BCUT2D eigenvalue weighted by molar-refractivity contribution is -0.120. The third-order valence-corrected chi connectivity index (χ3v) is 5.08. The van der Waals surface area contributed by atoms with Gasteiger partial charge in [0.05, 0.1) is 17.2 Å². The zero-order valence-corrected chi connectivity index (χ0v) is 14.2. The number of thiazole rings is 1. The molecule has 0 atom stereocenters. The van der Waals surface area contributed by atoms with E-state index in [-0.39, 0.29) is 18.4 Å². The van der Waals surface area contributed by atoms with E-state index in [1.54, 1.807) is 35.7 Å². The molecule has 0 aliphatic heterocycles. The van der Waals surface area contributed by atoms with Crippen molar-refractivity contribution in [2.24, 2.45) is 0 Å². The van der Waals surface area contributed by atoms with Crippen molar-refractivity contribution in [2.45, 2.75) is 32.1 Å². The summed E-state index contributed by atoms with van der Waals surface area (Å²) in [6, 6.07) is 5.08. The highest BCUT2D eigenvalue weighted by atomic mass is 32.1. The highest BCUT2D eigenvalue weighted by Gasteiger charge is 2.15. The van der Waals surface area contributed by atoms with Crippen LogP contribution in [0.5, 0.6) is 0 Å². The fourth-order valence-electron chi connectivity index (χ4n) is 2.63. The molecular formula is C17H20N4O2S. The summed E-state index contributed by atoms with van der Waals surface area (Å²) in [5, 5.41) is 6.45. The molecule has 7 heteroatoms. The van der Waals surface area contributed by atoms with Crippen LogP contribution >= 0.6 is 11.3 Å². The zero-order valence-electron chi connectivity index (χ0n) is 13.4. The first-order valence-electron chi connectivity index (χ1n) is 8.16. The van der Waals surface area contributed by atoms with Crippen LogP contribution in [-0.2, 0) is 24.1 Å². The Kier molecular flexibility index (Phi) is 5.53. The molecule has 1 aliphatic carbocycles. The van der Waals surface area contributed by atoms with E-state index in [1.807, 2.05) is 0 Å². The van der Waals surface area contributed by atoms with Gasteiger partial charge in [-0.25, -0.2) is 4.98 Å². The Bertz CT molecular complexity index is 691. The number of nitrogens with one attached hydrogen (secondary N) is 2. The van der Waals surface area contributed by atoms with Gasteiger partial charge in [0.1, 0.15) is 5.69 Å². The van der Waals surface area contributed by atoms with Crippen LogP contribution in [0.25, 0.3) is 0 Å². The van der Waals surface area contributed by atoms with E-state index in [4.69, 9.17) is 0 Å². The topological polar surface area (TPSA) is 84.0 Å². The maximum absolute atomic E-state index is 11.8. The summed E-state index contributed by atoms with van der Waals surface area (Å²) < 4.78 is 0. The quantitative estimate of drug-likeness (QED) is 0.832. The summed E-state index contributed by atoms with van der Waals surface area (Å²) in [7, 11) is 0. The summed E-state index contributed by atoms with van der Waals surface area (Å²) in [5.74, 6) is -0.557. The lowest BCUT2D eigenvalue weighted by Gasteiger charge is -2.06. The molecule has 2 aromatic rings. The summed E-state index contributed by atoms with van der Waals surface area (Å²) in [6.07, 6.45) is 6.97. The minimum Gasteiger partial charge on any atom is -0.354 e. The third kappa shape index (κ3) is 4.38. The Morgan fingerprint density at radius 2 is 2.04 bits per heavy atom. The first-order chi connectivity index (χ1) is 11.7. The molecule has 0 saturated carbocycles. The van der Waals surface area contributed by atoms with Gasteiger partial charge in [-0.2, -0.15) is 0 Å². The minimum atomic E-state index is -0.349. The molecule has 0 bridgehead atoms. The van der Waals surface area contributed by atoms with E-state index in [0.29, 0.717) is 12.2 Å². The molecule has 2 N–H and O–H groups in total. The molecule has 126 valence electrons. The number of aromatic nitrogens is 2. The second-order valence-corrected chi connectivity index (χ2v) is 6.85. The van der Waals surface area contributed by atoms with Crippen LogP contribution in [0.4, 0.5) is 0 Å². The van der Waals surface area contributed by atoms with Crippen LogP contribution in [0.3, 0.4) is 0 Å². The van der Waals surface area contributed by atoms with E-state index in [2.05, 4.69) is 20.6 Å². The summed E-state index contributed by atoms with van der Waals surface area (Å²) in [5.41, 5.74) is 1.55. The van der Waals surface area contributed by atoms with Gasteiger partial charge in [0.25, 0.3) is 5.91 Å². The number of carbonyl (C=O) groups is 2. The van der Waals surface area contributed by atoms with Crippen LogP contribution in [0.1, 0.15) is 38.9 Å². The molecule has 2 amide bonds. The number of carbonyl (C=O) groups excluding carboxylic acids is 2. The smallest absolute Gasteiger partial charge is 0.270 e. The molecule has 24 heavy (non-hydrogen) atoms. The Morgan fingerprint density at radius 1 is 1.17 bits per heavy atom. The molecule has 0 saturated heterocycles. The van der Waals surface area contributed by atoms with E-state index >= 15 is 0 Å². The second kappa shape index (κ2) is 8.01. The highest BCUT2D eigenvalue weighted by Crippen LogP contribution is 2.26. The highest BCUT2D eigenvalue weighted by molar-refractivity contribution is 7.11. The van der Waals surface area contributed by atoms with Gasteiger partial charge in [0.2, 0.25) is 5.91 Å². The van der Waals surface area contributed by atoms with Crippen LogP contribution in [0.2, 0.25) is 0 Å². The predicted molar refractivity (Wildman–Crippen MR) is 92.0 cm³/mol. The Labute approximate surface area is 144 Å². The first kappa shape index (κ1) is 16.6. The van der Waals surface area contributed by atoms with Crippen molar-refractivity contribution in [1.82, 2.24) is 20.6 Å². The number of nitrogens with zero attached hydrogens (tertiary/aromatic N) is 2. The molecule has 2 aromatic heterocycles. The lowest BCUT2D eigenvalue weighted by Crippen LogP contribution is -2.37. The van der Waals surface area contributed by atoms with Crippen molar-refractivity contribution < 1.29 is 9.59 Å². The minimum absolute atomic E-state index is 0.0518. The third-order valence-electron chi connectivity index (χ3n) is 3.86. The number of hydrogen-bond acceptors (Lipinski definition) is 5. The van der Waals surface area contributed by atoms with Crippen molar-refractivity contribution in [1.29, 1.82) is 0 Å². The Balaban J connectivity index is 1.38. The summed E-state index contributed by atoms with van der Waals surface area (Å²) >= 11 is 1.76. The number of rotatable bonds is 6. The zero-order chi connectivity index (χ0) is 16.8. The lowest BCUT2D eigenvalue weighted by atomic mass is 10.0. The fraction of sp³-hybridized carbons (Fsp3) is 0.412. The molecule has 0 unspecified atom stereocenters. The van der Waals surface area contributed by atoms with Gasteiger partial charge in [-0.05, 0) is 37.8 Å². The molecule has 0 radical (unpaired) electrons. The molecule has 6 nitrogen and oxygen atoms in total. The summed E-state index contributed by atoms with van der Waals surface area (Å²) in [4.78, 5) is 33.6. The maximum Gasteiger partial charge on any atom is 0.270 e. The number of hydrogen-bond donors (Lipinski definition) is 2. The SMILES string of the molecule is O=C(CNC(=O)c1ccccn1)NCCc1nc2c(s1)CCCC2. The molecule has 3 rings (SSSR count). The van der Waals surface area contributed by atoms with Gasteiger partial charge < -0.3 is 10.6 Å². The van der Waals surface area contributed by atoms with E-state index in [9.17, 15) is 9.59 Å². The maximum atomic E-state index is 11.8. The number of pyridine rings is 1. The van der Waals surface area contributed by atoms with E-state index in [1.165, 1.54) is 23.4 Å². The van der Waals surface area contributed by atoms with Gasteiger partial charge in [-0.3, -0.25) is 14.6 Å². The van der Waals surface area contributed by atoms with Crippen molar-refractivity contribution >= 4 is 23.2 Å². The predicted octanol–water partition coefficient (Wildman–Crippen LogP) is 1.51. The van der Waals surface area contributed by atoms with Crippen LogP contribution in [-0.4, -0.2) is 34.9 Å². The second-order valence-electron chi connectivity index (χ2n) is 5.68. The van der Waals surface area contributed by atoms with Gasteiger partial charge in [-0.1, -0.05) is 6.07 Å². The van der Waals surface area contributed by atoms with Crippen molar-refractivity contribution in [2.75, 3.05) is 13.1 Å². The van der Waals surface area contributed by atoms with Crippen LogP contribution in [0.15, 0.2) is 24.4 Å². The summed E-state index contributed by atoms with van der Waals surface area (Å²) in [6.45, 7) is 0.481. The van der Waals surface area contributed by atoms with Crippen molar-refractivity contribution in [3.63, 3.8) is 0 Å². The molecular weight excluding hydrogens is 324 g/mol. The molecule has 0 fully saturated rings. The Morgan fingerprint density at radius 3 is 2.83 bits per heavy atom. The molecule has 2 heterocycles. The van der Waals surface area contributed by atoms with Gasteiger partial charge in [0, 0.05) is 24.0 Å². The normalized spacial score (nSPS) is 13.2. The van der Waals surface area contributed by atoms with Crippen molar-refractivity contribution in [3.8, 4) is 0 Å². The average molecular weight is 344 g/mol. The van der Waals surface area contributed by atoms with E-state index in [0.717, 1.165) is 24.3 Å². The van der Waals surface area contributed by atoms with Crippen LogP contribution < -0.4 is 10.6 Å². The average Bonchev–Trinajstić information content (AvgIpc) is 3.03.